The molecule has 0 unspecified atom stereocenters. The SMILES string of the molecule is Cc1cc(C)nc(N[C@@H](C)CO)n1. The minimum Gasteiger partial charge on any atom is -0.394 e. The highest BCUT2D eigenvalue weighted by molar-refractivity contribution is 5.28. The fourth-order valence-corrected chi connectivity index (χ4v) is 1.06. The summed E-state index contributed by atoms with van der Waals surface area (Å²) in [6, 6.07) is 1.90. The number of anilines is 1. The first-order valence-electron chi connectivity index (χ1n) is 4.31. The highest BCUT2D eigenvalue weighted by atomic mass is 16.3. The van der Waals surface area contributed by atoms with Gasteiger partial charge in [0.05, 0.1) is 6.61 Å². The smallest absolute Gasteiger partial charge is 0.223 e. The van der Waals surface area contributed by atoms with Crippen molar-refractivity contribution >= 4 is 5.95 Å². The molecule has 0 aliphatic rings. The number of aromatic nitrogens is 2. The van der Waals surface area contributed by atoms with Gasteiger partial charge < -0.3 is 10.4 Å². The molecule has 72 valence electrons. The lowest BCUT2D eigenvalue weighted by atomic mass is 10.3. The Balaban J connectivity index is 2.77. The van der Waals surface area contributed by atoms with E-state index in [-0.39, 0.29) is 12.6 Å². The van der Waals surface area contributed by atoms with Gasteiger partial charge in [0.2, 0.25) is 5.95 Å². The molecule has 4 heteroatoms. The normalized spacial score (nSPS) is 12.6. The molecule has 0 bridgehead atoms. The lowest BCUT2D eigenvalue weighted by molar-refractivity contribution is 0.281. The second-order valence-electron chi connectivity index (χ2n) is 3.20. The van der Waals surface area contributed by atoms with Gasteiger partial charge >= 0.3 is 0 Å². The van der Waals surface area contributed by atoms with E-state index in [0.29, 0.717) is 5.95 Å². The van der Waals surface area contributed by atoms with E-state index < -0.39 is 0 Å². The van der Waals surface area contributed by atoms with Gasteiger partial charge in [-0.25, -0.2) is 9.97 Å². The van der Waals surface area contributed by atoms with Crippen molar-refractivity contribution in [2.75, 3.05) is 11.9 Å². The standard InChI is InChI=1S/C9H15N3O/c1-6-4-7(2)11-9(10-6)12-8(3)5-13/h4,8,13H,5H2,1-3H3,(H,10,11,12)/t8-/m0/s1. The van der Waals surface area contributed by atoms with E-state index in [9.17, 15) is 0 Å². The molecule has 1 rings (SSSR count). The Morgan fingerprint density at radius 2 is 1.92 bits per heavy atom. The van der Waals surface area contributed by atoms with Crippen LogP contribution >= 0.6 is 0 Å². The van der Waals surface area contributed by atoms with E-state index in [2.05, 4.69) is 15.3 Å². The Morgan fingerprint density at radius 3 is 2.38 bits per heavy atom. The number of aliphatic hydroxyl groups is 1. The molecule has 1 atom stereocenters. The number of hydrogen-bond acceptors (Lipinski definition) is 4. The van der Waals surface area contributed by atoms with Gasteiger partial charge in [-0.3, -0.25) is 0 Å². The molecule has 1 aromatic heterocycles. The minimum absolute atomic E-state index is 0.0128. The number of aryl methyl sites for hydroxylation is 2. The van der Waals surface area contributed by atoms with Crippen molar-refractivity contribution in [3.63, 3.8) is 0 Å². The molecule has 0 fully saturated rings. The quantitative estimate of drug-likeness (QED) is 0.727. The van der Waals surface area contributed by atoms with Gasteiger partial charge in [0.15, 0.2) is 0 Å². The average molecular weight is 181 g/mol. The van der Waals surface area contributed by atoms with Crippen LogP contribution in [0.4, 0.5) is 5.95 Å². The molecule has 0 aliphatic heterocycles. The van der Waals surface area contributed by atoms with Crippen LogP contribution in [-0.2, 0) is 0 Å². The molecule has 0 saturated heterocycles. The summed E-state index contributed by atoms with van der Waals surface area (Å²) in [5, 5.41) is 11.8. The molecule has 0 spiro atoms. The molecule has 1 aromatic rings. The summed E-state index contributed by atoms with van der Waals surface area (Å²) >= 11 is 0. The van der Waals surface area contributed by atoms with Gasteiger partial charge in [-0.2, -0.15) is 0 Å². The van der Waals surface area contributed by atoms with Gasteiger partial charge in [0, 0.05) is 17.4 Å². The van der Waals surface area contributed by atoms with Crippen LogP contribution < -0.4 is 5.32 Å². The number of aliphatic hydroxyl groups excluding tert-OH is 1. The summed E-state index contributed by atoms with van der Waals surface area (Å²) < 4.78 is 0. The van der Waals surface area contributed by atoms with E-state index in [1.54, 1.807) is 0 Å². The van der Waals surface area contributed by atoms with Crippen LogP contribution in [0.3, 0.4) is 0 Å². The van der Waals surface area contributed by atoms with Crippen LogP contribution in [0.1, 0.15) is 18.3 Å². The molecular weight excluding hydrogens is 166 g/mol. The molecule has 0 saturated carbocycles. The van der Waals surface area contributed by atoms with Crippen LogP contribution in [-0.4, -0.2) is 27.7 Å². The minimum atomic E-state index is -0.0128. The fraction of sp³-hybridized carbons (Fsp3) is 0.556. The maximum Gasteiger partial charge on any atom is 0.223 e. The number of nitrogens with zero attached hydrogens (tertiary/aromatic N) is 2. The molecular formula is C9H15N3O. The first-order chi connectivity index (χ1) is 6.11. The van der Waals surface area contributed by atoms with Crippen molar-refractivity contribution in [3.8, 4) is 0 Å². The largest absolute Gasteiger partial charge is 0.394 e. The first-order valence-corrected chi connectivity index (χ1v) is 4.31. The zero-order chi connectivity index (χ0) is 9.84. The average Bonchev–Trinajstić information content (AvgIpc) is 2.02. The highest BCUT2D eigenvalue weighted by Gasteiger charge is 2.02. The summed E-state index contributed by atoms with van der Waals surface area (Å²) in [7, 11) is 0. The lowest BCUT2D eigenvalue weighted by Gasteiger charge is -2.11. The zero-order valence-corrected chi connectivity index (χ0v) is 8.20. The summed E-state index contributed by atoms with van der Waals surface area (Å²) in [5.41, 5.74) is 1.86. The topological polar surface area (TPSA) is 58.0 Å². The van der Waals surface area contributed by atoms with Crippen molar-refractivity contribution in [1.29, 1.82) is 0 Å². The molecule has 1 heterocycles. The van der Waals surface area contributed by atoms with Crippen molar-refractivity contribution in [2.45, 2.75) is 26.8 Å². The van der Waals surface area contributed by atoms with Crippen LogP contribution in [0, 0.1) is 13.8 Å². The number of rotatable bonds is 3. The van der Waals surface area contributed by atoms with Crippen molar-refractivity contribution < 1.29 is 5.11 Å². The summed E-state index contributed by atoms with van der Waals surface area (Å²) in [6.45, 7) is 5.80. The highest BCUT2D eigenvalue weighted by Crippen LogP contribution is 2.04. The maximum absolute atomic E-state index is 8.82. The third-order valence-electron chi connectivity index (χ3n) is 1.63. The Kier molecular flexibility index (Phi) is 3.19. The Labute approximate surface area is 78.0 Å². The molecule has 0 radical (unpaired) electrons. The molecule has 4 nitrogen and oxygen atoms in total. The summed E-state index contributed by atoms with van der Waals surface area (Å²) in [6.07, 6.45) is 0. The second-order valence-corrected chi connectivity index (χ2v) is 3.20. The van der Waals surface area contributed by atoms with Crippen molar-refractivity contribution in [3.05, 3.63) is 17.5 Å². The van der Waals surface area contributed by atoms with Gasteiger partial charge in [-0.1, -0.05) is 0 Å². The molecule has 0 aromatic carbocycles. The van der Waals surface area contributed by atoms with E-state index in [0.717, 1.165) is 11.4 Å². The van der Waals surface area contributed by atoms with Crippen LogP contribution in [0.25, 0.3) is 0 Å². The van der Waals surface area contributed by atoms with Crippen molar-refractivity contribution in [2.24, 2.45) is 0 Å². The second kappa shape index (κ2) is 4.18. The summed E-state index contributed by atoms with van der Waals surface area (Å²) in [4.78, 5) is 8.38. The lowest BCUT2D eigenvalue weighted by Crippen LogP contribution is -2.21. The predicted molar refractivity (Wildman–Crippen MR) is 51.7 cm³/mol. The Morgan fingerprint density at radius 1 is 1.38 bits per heavy atom. The van der Waals surface area contributed by atoms with E-state index >= 15 is 0 Å². The molecule has 0 amide bonds. The van der Waals surface area contributed by atoms with E-state index in [4.69, 9.17) is 5.11 Å². The van der Waals surface area contributed by atoms with Gasteiger partial charge in [-0.15, -0.1) is 0 Å². The fourth-order valence-electron chi connectivity index (χ4n) is 1.06. The predicted octanol–water partition coefficient (Wildman–Crippen LogP) is 0.886. The van der Waals surface area contributed by atoms with Crippen LogP contribution in [0.5, 0.6) is 0 Å². The monoisotopic (exact) mass is 181 g/mol. The summed E-state index contributed by atoms with van der Waals surface area (Å²) in [5.74, 6) is 0.582. The maximum atomic E-state index is 8.82. The van der Waals surface area contributed by atoms with Gasteiger partial charge in [0.1, 0.15) is 0 Å². The Hall–Kier alpha value is -1.16. The van der Waals surface area contributed by atoms with Gasteiger partial charge in [-0.05, 0) is 26.8 Å². The third-order valence-corrected chi connectivity index (χ3v) is 1.63. The van der Waals surface area contributed by atoms with E-state index in [1.807, 2.05) is 26.8 Å². The number of hydrogen-bond donors (Lipinski definition) is 2. The van der Waals surface area contributed by atoms with E-state index in [1.165, 1.54) is 0 Å². The van der Waals surface area contributed by atoms with Crippen molar-refractivity contribution in [1.82, 2.24) is 9.97 Å². The zero-order valence-electron chi connectivity index (χ0n) is 8.20. The molecule has 2 N–H and O–H groups in total. The number of nitrogens with one attached hydrogen (secondary N) is 1. The van der Waals surface area contributed by atoms with Crippen LogP contribution in [0.15, 0.2) is 6.07 Å². The molecule has 13 heavy (non-hydrogen) atoms. The Bertz CT molecular complexity index is 268. The molecule has 0 aliphatic carbocycles. The third kappa shape index (κ3) is 2.99. The van der Waals surface area contributed by atoms with Crippen LogP contribution in [0.2, 0.25) is 0 Å². The van der Waals surface area contributed by atoms with Gasteiger partial charge in [0.25, 0.3) is 0 Å². The first kappa shape index (κ1) is 9.92.